The van der Waals surface area contributed by atoms with Crippen molar-refractivity contribution in [2.45, 2.75) is 51.9 Å². The highest BCUT2D eigenvalue weighted by Gasteiger charge is 2.19. The van der Waals surface area contributed by atoms with Gasteiger partial charge < -0.3 is 9.47 Å². The maximum absolute atomic E-state index is 5.95. The first-order chi connectivity index (χ1) is 11.7. The van der Waals surface area contributed by atoms with Crippen molar-refractivity contribution >= 4 is 0 Å². The Kier molecular flexibility index (Phi) is 6.06. The molecule has 1 fully saturated rings. The maximum atomic E-state index is 5.95. The summed E-state index contributed by atoms with van der Waals surface area (Å²) in [6.07, 6.45) is 3.34. The summed E-state index contributed by atoms with van der Waals surface area (Å²) in [6, 6.07) is 19.6. The first kappa shape index (κ1) is 17.2. The SMILES string of the molecule is CC(C)C(c1ccccc1)c1cccc(COC2CCCCO2)c1. The standard InChI is InChI=1S/C22H28O2/c1-17(2)22(19-10-4-3-5-11-19)20-12-8-9-18(15-20)16-24-21-13-6-7-14-23-21/h3-5,8-12,15,17,21-22H,6-7,13-14,16H2,1-2H3. The second kappa shape index (κ2) is 8.46. The van der Waals surface area contributed by atoms with Crippen LogP contribution in [-0.2, 0) is 16.1 Å². The summed E-state index contributed by atoms with van der Waals surface area (Å²) >= 11 is 0. The second-order valence-electron chi connectivity index (χ2n) is 6.98. The topological polar surface area (TPSA) is 18.5 Å². The Labute approximate surface area is 145 Å². The number of rotatable bonds is 6. The van der Waals surface area contributed by atoms with Gasteiger partial charge in [0.15, 0.2) is 6.29 Å². The molecule has 0 radical (unpaired) electrons. The Balaban J connectivity index is 1.73. The molecule has 128 valence electrons. The highest BCUT2D eigenvalue weighted by atomic mass is 16.7. The zero-order valence-electron chi connectivity index (χ0n) is 14.8. The van der Waals surface area contributed by atoms with Crippen molar-refractivity contribution in [3.05, 3.63) is 71.3 Å². The van der Waals surface area contributed by atoms with E-state index in [1.54, 1.807) is 0 Å². The molecule has 2 aromatic carbocycles. The lowest BCUT2D eigenvalue weighted by Gasteiger charge is -2.24. The lowest BCUT2D eigenvalue weighted by atomic mass is 9.82. The average Bonchev–Trinajstić information content (AvgIpc) is 2.62. The molecule has 2 atom stereocenters. The summed E-state index contributed by atoms with van der Waals surface area (Å²) in [5, 5.41) is 0. The van der Waals surface area contributed by atoms with Crippen molar-refractivity contribution in [2.24, 2.45) is 5.92 Å². The van der Waals surface area contributed by atoms with Crippen molar-refractivity contribution in [1.82, 2.24) is 0 Å². The van der Waals surface area contributed by atoms with Crippen LogP contribution in [0.4, 0.5) is 0 Å². The van der Waals surface area contributed by atoms with Gasteiger partial charge in [-0.2, -0.15) is 0 Å². The number of ether oxygens (including phenoxy) is 2. The molecule has 3 rings (SSSR count). The molecule has 0 spiro atoms. The predicted molar refractivity (Wildman–Crippen MR) is 97.9 cm³/mol. The van der Waals surface area contributed by atoms with Crippen molar-refractivity contribution in [1.29, 1.82) is 0 Å². The lowest BCUT2D eigenvalue weighted by Crippen LogP contribution is -2.22. The molecule has 0 aromatic heterocycles. The zero-order chi connectivity index (χ0) is 16.8. The minimum absolute atomic E-state index is 0.0302. The van der Waals surface area contributed by atoms with Gasteiger partial charge in [-0.1, -0.05) is 68.4 Å². The monoisotopic (exact) mass is 324 g/mol. The van der Waals surface area contributed by atoms with E-state index in [4.69, 9.17) is 9.47 Å². The third kappa shape index (κ3) is 4.46. The second-order valence-corrected chi connectivity index (χ2v) is 6.98. The Morgan fingerprint density at radius 2 is 1.79 bits per heavy atom. The number of hydrogen-bond donors (Lipinski definition) is 0. The van der Waals surface area contributed by atoms with Gasteiger partial charge >= 0.3 is 0 Å². The summed E-state index contributed by atoms with van der Waals surface area (Å²) in [7, 11) is 0. The highest BCUT2D eigenvalue weighted by molar-refractivity contribution is 5.35. The molecule has 1 heterocycles. The fraction of sp³-hybridized carbons (Fsp3) is 0.455. The summed E-state index contributed by atoms with van der Waals surface area (Å²) in [5.74, 6) is 0.960. The molecular weight excluding hydrogens is 296 g/mol. The highest BCUT2D eigenvalue weighted by Crippen LogP contribution is 2.32. The fourth-order valence-electron chi connectivity index (χ4n) is 3.53. The van der Waals surface area contributed by atoms with E-state index >= 15 is 0 Å². The van der Waals surface area contributed by atoms with E-state index in [9.17, 15) is 0 Å². The molecule has 2 unspecified atom stereocenters. The first-order valence-corrected chi connectivity index (χ1v) is 9.11. The van der Waals surface area contributed by atoms with Crippen LogP contribution < -0.4 is 0 Å². The fourth-order valence-corrected chi connectivity index (χ4v) is 3.53. The van der Waals surface area contributed by atoms with Crippen LogP contribution in [0.2, 0.25) is 0 Å². The average molecular weight is 324 g/mol. The predicted octanol–water partition coefficient (Wildman–Crippen LogP) is 5.52. The van der Waals surface area contributed by atoms with E-state index in [2.05, 4.69) is 68.4 Å². The summed E-state index contributed by atoms with van der Waals surface area (Å²) in [4.78, 5) is 0. The maximum Gasteiger partial charge on any atom is 0.158 e. The van der Waals surface area contributed by atoms with E-state index < -0.39 is 0 Å². The molecule has 24 heavy (non-hydrogen) atoms. The summed E-state index contributed by atoms with van der Waals surface area (Å²) in [5.41, 5.74) is 3.96. The molecule has 2 nitrogen and oxygen atoms in total. The van der Waals surface area contributed by atoms with Crippen LogP contribution in [0.3, 0.4) is 0 Å². The normalized spacial score (nSPS) is 19.4. The summed E-state index contributed by atoms with van der Waals surface area (Å²) < 4.78 is 11.6. The van der Waals surface area contributed by atoms with E-state index in [1.165, 1.54) is 23.1 Å². The van der Waals surface area contributed by atoms with Gasteiger partial charge in [0.2, 0.25) is 0 Å². The third-order valence-corrected chi connectivity index (χ3v) is 4.71. The van der Waals surface area contributed by atoms with Crippen molar-refractivity contribution in [3.63, 3.8) is 0 Å². The van der Waals surface area contributed by atoms with Crippen LogP contribution in [0, 0.1) is 5.92 Å². The third-order valence-electron chi connectivity index (χ3n) is 4.71. The molecule has 0 amide bonds. The van der Waals surface area contributed by atoms with Gasteiger partial charge in [0.05, 0.1) is 6.61 Å². The molecule has 1 saturated heterocycles. The molecule has 0 saturated carbocycles. The molecule has 2 aromatic rings. The van der Waals surface area contributed by atoms with Gasteiger partial charge in [-0.15, -0.1) is 0 Å². The largest absolute Gasteiger partial charge is 0.353 e. The minimum Gasteiger partial charge on any atom is -0.353 e. The number of hydrogen-bond acceptors (Lipinski definition) is 2. The minimum atomic E-state index is -0.0302. The molecule has 0 N–H and O–H groups in total. The zero-order valence-corrected chi connectivity index (χ0v) is 14.8. The smallest absolute Gasteiger partial charge is 0.158 e. The molecule has 1 aliphatic heterocycles. The van der Waals surface area contributed by atoms with Crippen LogP contribution in [0.1, 0.15) is 55.7 Å². The Morgan fingerprint density at radius 1 is 1.00 bits per heavy atom. The lowest BCUT2D eigenvalue weighted by molar-refractivity contribution is -0.168. The van der Waals surface area contributed by atoms with Gasteiger partial charge in [-0.3, -0.25) is 0 Å². The molecule has 1 aliphatic rings. The van der Waals surface area contributed by atoms with Crippen molar-refractivity contribution < 1.29 is 9.47 Å². The first-order valence-electron chi connectivity index (χ1n) is 9.11. The van der Waals surface area contributed by atoms with Crippen molar-refractivity contribution in [2.75, 3.05) is 6.61 Å². The Hall–Kier alpha value is -1.64. The van der Waals surface area contributed by atoms with Crippen LogP contribution in [0.25, 0.3) is 0 Å². The van der Waals surface area contributed by atoms with Crippen LogP contribution in [0.5, 0.6) is 0 Å². The summed E-state index contributed by atoms with van der Waals surface area (Å²) in [6.45, 7) is 6.03. The van der Waals surface area contributed by atoms with E-state index in [1.807, 2.05) is 0 Å². The quantitative estimate of drug-likeness (QED) is 0.697. The van der Waals surface area contributed by atoms with Gasteiger partial charge in [-0.05, 0) is 41.9 Å². The van der Waals surface area contributed by atoms with Crippen molar-refractivity contribution in [3.8, 4) is 0 Å². The van der Waals surface area contributed by atoms with E-state index in [0.717, 1.165) is 19.4 Å². The van der Waals surface area contributed by atoms with Gasteiger partial charge in [0.25, 0.3) is 0 Å². The van der Waals surface area contributed by atoms with E-state index in [0.29, 0.717) is 18.4 Å². The molecule has 2 heteroatoms. The van der Waals surface area contributed by atoms with Crippen LogP contribution in [-0.4, -0.2) is 12.9 Å². The van der Waals surface area contributed by atoms with Crippen LogP contribution in [0.15, 0.2) is 54.6 Å². The van der Waals surface area contributed by atoms with Gasteiger partial charge in [0, 0.05) is 12.5 Å². The molecular formula is C22H28O2. The molecule has 0 bridgehead atoms. The number of benzene rings is 2. The Bertz CT molecular complexity index is 615. The van der Waals surface area contributed by atoms with E-state index in [-0.39, 0.29) is 6.29 Å². The van der Waals surface area contributed by atoms with Gasteiger partial charge in [-0.25, -0.2) is 0 Å². The molecule has 0 aliphatic carbocycles. The Morgan fingerprint density at radius 3 is 2.50 bits per heavy atom. The van der Waals surface area contributed by atoms with Gasteiger partial charge in [0.1, 0.15) is 0 Å². The van der Waals surface area contributed by atoms with Crippen LogP contribution >= 0.6 is 0 Å².